The molecule has 0 atom stereocenters. The zero-order chi connectivity index (χ0) is 14.5. The van der Waals surface area contributed by atoms with Gasteiger partial charge < -0.3 is 5.11 Å². The van der Waals surface area contributed by atoms with E-state index in [2.05, 4.69) is 36.2 Å². The monoisotopic (exact) mass is 305 g/mol. The number of aryl methyl sites for hydroxylation is 2. The van der Waals surface area contributed by atoms with Gasteiger partial charge in [0, 0.05) is 11.0 Å². The first-order chi connectivity index (χ1) is 9.54. The summed E-state index contributed by atoms with van der Waals surface area (Å²) in [6.07, 6.45) is 2.76. The van der Waals surface area contributed by atoms with E-state index in [1.54, 1.807) is 29.2 Å². The molecule has 3 nitrogen and oxygen atoms in total. The highest BCUT2D eigenvalue weighted by molar-refractivity contribution is 7.98. The first kappa shape index (κ1) is 14.8. The normalized spacial score (nSPS) is 11.1. The second-order valence-electron chi connectivity index (χ2n) is 4.33. The van der Waals surface area contributed by atoms with Crippen LogP contribution in [-0.2, 0) is 10.5 Å². The van der Waals surface area contributed by atoms with Crippen LogP contribution in [0.5, 0.6) is 0 Å². The highest BCUT2D eigenvalue weighted by atomic mass is 32.2. The Morgan fingerprint density at radius 1 is 1.35 bits per heavy atom. The lowest BCUT2D eigenvalue weighted by molar-refractivity contribution is -0.131. The minimum absolute atomic E-state index is 0.801. The average molecular weight is 305 g/mol. The Kier molecular flexibility index (Phi) is 4.98. The lowest BCUT2D eigenvalue weighted by atomic mass is 10.2. The summed E-state index contributed by atoms with van der Waals surface area (Å²) >= 11 is 3.28. The number of thiazole rings is 1. The third-order valence-electron chi connectivity index (χ3n) is 2.64. The molecule has 0 saturated heterocycles. The molecule has 0 spiro atoms. The summed E-state index contributed by atoms with van der Waals surface area (Å²) in [5.41, 5.74) is 2.13. The molecule has 0 radical (unpaired) electrons. The van der Waals surface area contributed by atoms with Gasteiger partial charge in [-0.3, -0.25) is 0 Å². The van der Waals surface area contributed by atoms with Crippen molar-refractivity contribution in [3.8, 4) is 0 Å². The number of carboxylic acids is 1. The lowest BCUT2D eigenvalue weighted by Crippen LogP contribution is -1.85. The molecule has 2 aromatic rings. The molecule has 0 aliphatic carbocycles. The van der Waals surface area contributed by atoms with Gasteiger partial charge in [-0.2, -0.15) is 0 Å². The summed E-state index contributed by atoms with van der Waals surface area (Å²) in [6, 6.07) is 8.39. The fourth-order valence-electron chi connectivity index (χ4n) is 1.61. The van der Waals surface area contributed by atoms with E-state index < -0.39 is 5.97 Å². The first-order valence-electron chi connectivity index (χ1n) is 6.11. The molecule has 0 aliphatic heterocycles. The van der Waals surface area contributed by atoms with Crippen LogP contribution in [0.25, 0.3) is 6.08 Å². The number of aliphatic carboxylic acids is 1. The SMILES string of the molecule is Cc1ccc(SCc2nc(C)c(/C=C/C(=O)O)s2)cc1. The Balaban J connectivity index is 2.01. The van der Waals surface area contributed by atoms with Crippen LogP contribution in [0.4, 0.5) is 0 Å². The molecule has 104 valence electrons. The van der Waals surface area contributed by atoms with Crippen molar-refractivity contribution < 1.29 is 9.90 Å². The van der Waals surface area contributed by atoms with E-state index in [-0.39, 0.29) is 0 Å². The topological polar surface area (TPSA) is 50.2 Å². The average Bonchev–Trinajstić information content (AvgIpc) is 2.76. The number of carbonyl (C=O) groups is 1. The van der Waals surface area contributed by atoms with Gasteiger partial charge in [0.15, 0.2) is 0 Å². The van der Waals surface area contributed by atoms with Gasteiger partial charge in [-0.25, -0.2) is 9.78 Å². The molecule has 0 fully saturated rings. The van der Waals surface area contributed by atoms with E-state index in [0.29, 0.717) is 0 Å². The smallest absolute Gasteiger partial charge is 0.328 e. The lowest BCUT2D eigenvalue weighted by Gasteiger charge is -1.99. The van der Waals surface area contributed by atoms with Crippen molar-refractivity contribution in [2.45, 2.75) is 24.5 Å². The maximum atomic E-state index is 10.5. The minimum atomic E-state index is -0.937. The van der Waals surface area contributed by atoms with E-state index >= 15 is 0 Å². The van der Waals surface area contributed by atoms with Crippen molar-refractivity contribution >= 4 is 35.1 Å². The number of nitrogens with zero attached hydrogens (tertiary/aromatic N) is 1. The summed E-state index contributed by atoms with van der Waals surface area (Å²) in [5.74, 6) is -0.136. The van der Waals surface area contributed by atoms with E-state index in [1.165, 1.54) is 10.5 Å². The predicted molar refractivity (Wildman–Crippen MR) is 84.3 cm³/mol. The third kappa shape index (κ3) is 4.21. The predicted octanol–water partition coefficient (Wildman–Crippen LogP) is 4.15. The van der Waals surface area contributed by atoms with Gasteiger partial charge in [0.25, 0.3) is 0 Å². The van der Waals surface area contributed by atoms with E-state index in [4.69, 9.17) is 5.11 Å². The second kappa shape index (κ2) is 6.72. The molecule has 0 bridgehead atoms. The quantitative estimate of drug-likeness (QED) is 0.666. The number of rotatable bonds is 5. The minimum Gasteiger partial charge on any atom is -0.478 e. The van der Waals surface area contributed by atoms with E-state index in [9.17, 15) is 4.79 Å². The van der Waals surface area contributed by atoms with Crippen molar-refractivity contribution in [2.24, 2.45) is 0 Å². The highest BCUT2D eigenvalue weighted by Gasteiger charge is 2.06. The summed E-state index contributed by atoms with van der Waals surface area (Å²) in [4.78, 5) is 17.1. The Hall–Kier alpha value is -1.59. The molecule has 2 rings (SSSR count). The molecule has 1 aromatic carbocycles. The van der Waals surface area contributed by atoms with Crippen molar-refractivity contribution in [3.63, 3.8) is 0 Å². The molecular formula is C15H15NO2S2. The van der Waals surface area contributed by atoms with E-state index in [1.807, 2.05) is 6.92 Å². The molecule has 0 unspecified atom stereocenters. The maximum Gasteiger partial charge on any atom is 0.328 e. The number of aromatic nitrogens is 1. The van der Waals surface area contributed by atoms with Crippen LogP contribution in [-0.4, -0.2) is 16.1 Å². The Bertz CT molecular complexity index is 630. The van der Waals surface area contributed by atoms with E-state index in [0.717, 1.165) is 27.4 Å². The first-order valence-corrected chi connectivity index (χ1v) is 7.91. The number of carboxylic acid groups (broad SMARTS) is 1. The molecular weight excluding hydrogens is 290 g/mol. The maximum absolute atomic E-state index is 10.5. The zero-order valence-electron chi connectivity index (χ0n) is 11.3. The van der Waals surface area contributed by atoms with Crippen LogP contribution in [0.15, 0.2) is 35.2 Å². The zero-order valence-corrected chi connectivity index (χ0v) is 12.9. The Morgan fingerprint density at radius 2 is 2.05 bits per heavy atom. The molecule has 0 saturated carbocycles. The second-order valence-corrected chi connectivity index (χ2v) is 6.49. The van der Waals surface area contributed by atoms with Crippen molar-refractivity contribution in [3.05, 3.63) is 51.5 Å². The summed E-state index contributed by atoms with van der Waals surface area (Å²) in [5, 5.41) is 9.65. The van der Waals surface area contributed by atoms with Crippen molar-refractivity contribution in [2.75, 3.05) is 0 Å². The van der Waals surface area contributed by atoms with Crippen LogP contribution in [0, 0.1) is 13.8 Å². The largest absolute Gasteiger partial charge is 0.478 e. The molecule has 1 aromatic heterocycles. The van der Waals surface area contributed by atoms with Crippen LogP contribution in [0.2, 0.25) is 0 Å². The molecule has 0 aliphatic rings. The molecule has 1 heterocycles. The van der Waals surface area contributed by atoms with Gasteiger partial charge >= 0.3 is 5.97 Å². The summed E-state index contributed by atoms with van der Waals surface area (Å²) in [6.45, 7) is 3.97. The summed E-state index contributed by atoms with van der Waals surface area (Å²) < 4.78 is 0. The molecule has 5 heteroatoms. The Labute approximate surface area is 126 Å². The summed E-state index contributed by atoms with van der Waals surface area (Å²) in [7, 11) is 0. The van der Waals surface area contributed by atoms with Gasteiger partial charge in [-0.05, 0) is 32.1 Å². The fourth-order valence-corrected chi connectivity index (χ4v) is 3.47. The molecule has 20 heavy (non-hydrogen) atoms. The third-order valence-corrected chi connectivity index (χ3v) is 4.97. The van der Waals surface area contributed by atoms with Gasteiger partial charge in [-0.15, -0.1) is 23.1 Å². The molecule has 0 amide bonds. The van der Waals surface area contributed by atoms with Crippen molar-refractivity contribution in [1.29, 1.82) is 0 Å². The standard InChI is InChI=1S/C15H15NO2S2/c1-10-3-5-12(6-4-10)19-9-14-16-11(2)13(20-14)7-8-15(17)18/h3-8H,9H2,1-2H3,(H,17,18)/b8-7+. The fraction of sp³-hybridized carbons (Fsp3) is 0.200. The van der Waals surface area contributed by atoms with Gasteiger partial charge in [-0.1, -0.05) is 17.7 Å². The number of hydrogen-bond donors (Lipinski definition) is 1. The van der Waals surface area contributed by atoms with Crippen LogP contribution in [0.1, 0.15) is 21.1 Å². The van der Waals surface area contributed by atoms with Gasteiger partial charge in [0.2, 0.25) is 0 Å². The van der Waals surface area contributed by atoms with Crippen LogP contribution < -0.4 is 0 Å². The van der Waals surface area contributed by atoms with Crippen LogP contribution >= 0.6 is 23.1 Å². The molecule has 1 N–H and O–H groups in total. The Morgan fingerprint density at radius 3 is 2.70 bits per heavy atom. The van der Waals surface area contributed by atoms with Gasteiger partial charge in [0.05, 0.1) is 16.3 Å². The number of thioether (sulfide) groups is 1. The number of benzene rings is 1. The van der Waals surface area contributed by atoms with Crippen LogP contribution in [0.3, 0.4) is 0 Å². The number of hydrogen-bond acceptors (Lipinski definition) is 4. The highest BCUT2D eigenvalue weighted by Crippen LogP contribution is 2.27. The van der Waals surface area contributed by atoms with Gasteiger partial charge in [0.1, 0.15) is 5.01 Å². The van der Waals surface area contributed by atoms with Crippen molar-refractivity contribution in [1.82, 2.24) is 4.98 Å².